The lowest BCUT2D eigenvalue weighted by molar-refractivity contribution is -0.384. The van der Waals surface area contributed by atoms with E-state index in [1.54, 1.807) is 0 Å². The van der Waals surface area contributed by atoms with E-state index in [4.69, 9.17) is 0 Å². The Hall–Kier alpha value is -3.38. The maximum absolute atomic E-state index is 12.7. The molecule has 0 bridgehead atoms. The van der Waals surface area contributed by atoms with E-state index in [2.05, 4.69) is 9.73 Å². The predicted molar refractivity (Wildman–Crippen MR) is 113 cm³/mol. The monoisotopic (exact) mass is 463 g/mol. The molecule has 1 aromatic heterocycles. The minimum atomic E-state index is -3.40. The number of thiazole rings is 1. The van der Waals surface area contributed by atoms with Gasteiger partial charge in [0.15, 0.2) is 14.6 Å². The summed E-state index contributed by atoms with van der Waals surface area (Å²) >= 11 is 1.01. The van der Waals surface area contributed by atoms with Crippen molar-refractivity contribution in [2.75, 3.05) is 12.9 Å². The maximum Gasteiger partial charge on any atom is 0.325 e. The van der Waals surface area contributed by atoms with Gasteiger partial charge in [-0.2, -0.15) is 4.99 Å². The zero-order chi connectivity index (χ0) is 22.8. The van der Waals surface area contributed by atoms with Crippen LogP contribution in [0.5, 0.6) is 0 Å². The van der Waals surface area contributed by atoms with Crippen molar-refractivity contribution in [3.05, 3.63) is 62.9 Å². The number of carbonyl (C=O) groups is 2. The first-order valence-corrected chi connectivity index (χ1v) is 11.4. The predicted octanol–water partition coefficient (Wildman–Crippen LogP) is 2.32. The number of fused-ring (bicyclic) bond motifs is 1. The summed E-state index contributed by atoms with van der Waals surface area (Å²) in [6.45, 7) is 1.28. The Bertz CT molecular complexity index is 1350. The number of nitro groups is 1. The number of benzene rings is 2. The molecule has 2 aromatic carbocycles. The molecule has 0 saturated heterocycles. The van der Waals surface area contributed by atoms with E-state index in [0.717, 1.165) is 11.3 Å². The summed E-state index contributed by atoms with van der Waals surface area (Å²) in [4.78, 5) is 39.3. The lowest BCUT2D eigenvalue weighted by Gasteiger charge is -2.04. The van der Waals surface area contributed by atoms with E-state index in [1.165, 1.54) is 61.1 Å². The normalized spacial score (nSPS) is 12.1. The van der Waals surface area contributed by atoms with Gasteiger partial charge in [0, 0.05) is 17.7 Å². The molecule has 162 valence electrons. The molecule has 0 atom stereocenters. The first-order valence-electron chi connectivity index (χ1n) is 8.92. The number of nitro benzene ring substituents is 1. The van der Waals surface area contributed by atoms with Crippen molar-refractivity contribution in [3.8, 4) is 0 Å². The van der Waals surface area contributed by atoms with Gasteiger partial charge >= 0.3 is 5.97 Å². The second-order valence-electron chi connectivity index (χ2n) is 6.30. The first kappa shape index (κ1) is 22.3. The summed E-state index contributed by atoms with van der Waals surface area (Å²) in [6.07, 6.45) is 0. The Balaban J connectivity index is 2.09. The van der Waals surface area contributed by atoms with E-state index in [9.17, 15) is 28.1 Å². The summed E-state index contributed by atoms with van der Waals surface area (Å²) in [6, 6.07) is 9.48. The second kappa shape index (κ2) is 8.78. The molecule has 3 rings (SSSR count). The number of sulfone groups is 1. The lowest BCUT2D eigenvalue weighted by atomic mass is 10.2. The Labute approximate surface area is 180 Å². The van der Waals surface area contributed by atoms with Gasteiger partial charge in [0.25, 0.3) is 11.6 Å². The van der Waals surface area contributed by atoms with Crippen LogP contribution in [0.15, 0.2) is 52.4 Å². The average Bonchev–Trinajstić information content (AvgIpc) is 3.09. The standard InChI is InChI=1S/C19H17N3O7S2/c1-3-31(27,28)14-7-4-12(5-8-14)18(24)20-19-21(11-17(23)29-2)15-9-6-13(22(25)26)10-16(15)30-19/h4-10H,3,11H2,1-2H3. The number of methoxy groups -OCH3 is 1. The van der Waals surface area contributed by atoms with Crippen LogP contribution >= 0.6 is 11.3 Å². The summed E-state index contributed by atoms with van der Waals surface area (Å²) in [5.74, 6) is -1.30. The Morgan fingerprint density at radius 3 is 2.45 bits per heavy atom. The third-order valence-electron chi connectivity index (χ3n) is 4.43. The van der Waals surface area contributed by atoms with E-state index in [0.29, 0.717) is 10.2 Å². The number of non-ortho nitro benzene ring substituents is 1. The number of aromatic nitrogens is 1. The highest BCUT2D eigenvalue weighted by atomic mass is 32.2. The highest BCUT2D eigenvalue weighted by Gasteiger charge is 2.16. The molecule has 3 aromatic rings. The quantitative estimate of drug-likeness (QED) is 0.311. The summed E-state index contributed by atoms with van der Waals surface area (Å²) in [7, 11) is -2.18. The van der Waals surface area contributed by atoms with Crippen LogP contribution in [0.4, 0.5) is 5.69 Å². The van der Waals surface area contributed by atoms with Gasteiger partial charge in [-0.1, -0.05) is 18.3 Å². The SMILES string of the molecule is CCS(=O)(=O)c1ccc(C(=O)N=c2sc3cc([N+](=O)[O-])ccc3n2CC(=O)OC)cc1. The number of rotatable bonds is 6. The molecule has 0 saturated carbocycles. The third kappa shape index (κ3) is 4.70. The minimum absolute atomic E-state index is 0.0634. The minimum Gasteiger partial charge on any atom is -0.468 e. The maximum atomic E-state index is 12.7. The van der Waals surface area contributed by atoms with Crippen molar-refractivity contribution in [1.82, 2.24) is 4.57 Å². The summed E-state index contributed by atoms with van der Waals surface area (Å²) in [5.41, 5.74) is 0.504. The van der Waals surface area contributed by atoms with Gasteiger partial charge in [0.2, 0.25) is 0 Å². The molecule has 1 amide bonds. The van der Waals surface area contributed by atoms with E-state index in [-0.39, 0.29) is 33.2 Å². The number of esters is 1. The van der Waals surface area contributed by atoms with E-state index in [1.807, 2.05) is 0 Å². The Kier molecular flexibility index (Phi) is 6.32. The highest BCUT2D eigenvalue weighted by molar-refractivity contribution is 7.91. The number of ether oxygens (including phenoxy) is 1. The fraction of sp³-hybridized carbons (Fsp3) is 0.211. The van der Waals surface area contributed by atoms with Crippen LogP contribution in [0.3, 0.4) is 0 Å². The lowest BCUT2D eigenvalue weighted by Crippen LogP contribution is -2.22. The van der Waals surface area contributed by atoms with Gasteiger partial charge in [-0.15, -0.1) is 0 Å². The number of hydrogen-bond donors (Lipinski definition) is 0. The summed E-state index contributed by atoms with van der Waals surface area (Å²) < 4.78 is 30.4. The molecule has 12 heteroatoms. The van der Waals surface area contributed by atoms with Gasteiger partial charge in [0.1, 0.15) is 6.54 Å². The second-order valence-corrected chi connectivity index (χ2v) is 9.59. The van der Waals surface area contributed by atoms with Crippen molar-refractivity contribution in [3.63, 3.8) is 0 Å². The number of nitrogens with zero attached hydrogens (tertiary/aromatic N) is 3. The van der Waals surface area contributed by atoms with Crippen molar-refractivity contribution in [2.45, 2.75) is 18.4 Å². The van der Waals surface area contributed by atoms with Crippen LogP contribution in [-0.4, -0.2) is 42.6 Å². The van der Waals surface area contributed by atoms with Crippen molar-refractivity contribution in [2.24, 2.45) is 4.99 Å². The smallest absolute Gasteiger partial charge is 0.325 e. The molecule has 0 aliphatic heterocycles. The fourth-order valence-electron chi connectivity index (χ4n) is 2.73. The van der Waals surface area contributed by atoms with Gasteiger partial charge in [-0.25, -0.2) is 8.42 Å². The molecular weight excluding hydrogens is 446 g/mol. The molecule has 1 heterocycles. The van der Waals surface area contributed by atoms with Crippen LogP contribution in [-0.2, 0) is 25.9 Å². The van der Waals surface area contributed by atoms with Crippen LogP contribution in [0, 0.1) is 10.1 Å². The Morgan fingerprint density at radius 2 is 1.87 bits per heavy atom. The van der Waals surface area contributed by atoms with Crippen molar-refractivity contribution >= 4 is 49.0 Å². The zero-order valence-corrected chi connectivity index (χ0v) is 18.1. The van der Waals surface area contributed by atoms with Gasteiger partial charge in [-0.3, -0.25) is 19.7 Å². The first-order chi connectivity index (χ1) is 14.7. The van der Waals surface area contributed by atoms with Crippen molar-refractivity contribution in [1.29, 1.82) is 0 Å². The van der Waals surface area contributed by atoms with Crippen LogP contribution in [0.2, 0.25) is 0 Å². The number of hydrogen-bond acceptors (Lipinski definition) is 8. The third-order valence-corrected chi connectivity index (χ3v) is 7.22. The Morgan fingerprint density at radius 1 is 1.19 bits per heavy atom. The molecule has 10 nitrogen and oxygen atoms in total. The number of amides is 1. The van der Waals surface area contributed by atoms with Crippen molar-refractivity contribution < 1.29 is 27.7 Å². The average molecular weight is 463 g/mol. The largest absolute Gasteiger partial charge is 0.468 e. The van der Waals surface area contributed by atoms with Gasteiger partial charge in [-0.05, 0) is 30.3 Å². The van der Waals surface area contributed by atoms with Gasteiger partial charge in [0.05, 0.1) is 32.9 Å². The molecule has 0 N–H and O–H groups in total. The topological polar surface area (TPSA) is 138 Å². The van der Waals surface area contributed by atoms with Crippen LogP contribution in [0.25, 0.3) is 10.2 Å². The van der Waals surface area contributed by atoms with Crippen LogP contribution in [0.1, 0.15) is 17.3 Å². The molecule has 31 heavy (non-hydrogen) atoms. The molecule has 0 unspecified atom stereocenters. The molecule has 0 aliphatic carbocycles. The van der Waals surface area contributed by atoms with E-state index >= 15 is 0 Å². The molecular formula is C19H17N3O7S2. The zero-order valence-electron chi connectivity index (χ0n) is 16.5. The molecule has 0 fully saturated rings. The molecule has 0 spiro atoms. The van der Waals surface area contributed by atoms with E-state index < -0.39 is 26.6 Å². The van der Waals surface area contributed by atoms with Crippen LogP contribution < -0.4 is 4.80 Å². The summed E-state index contributed by atoms with van der Waals surface area (Å²) in [5, 5.41) is 11.1. The van der Waals surface area contributed by atoms with Gasteiger partial charge < -0.3 is 9.30 Å². The number of carbonyl (C=O) groups excluding carboxylic acids is 2. The molecule has 0 radical (unpaired) electrons. The molecule has 0 aliphatic rings. The highest BCUT2D eigenvalue weighted by Crippen LogP contribution is 2.23. The fourth-order valence-corrected chi connectivity index (χ4v) is 4.68.